The maximum atomic E-state index is 11.8. The van der Waals surface area contributed by atoms with Crippen molar-refractivity contribution >= 4 is 11.9 Å². The van der Waals surface area contributed by atoms with Crippen molar-refractivity contribution in [1.82, 2.24) is 20.2 Å². The Morgan fingerprint density at radius 2 is 1.95 bits per heavy atom. The van der Waals surface area contributed by atoms with Crippen molar-refractivity contribution in [3.8, 4) is 0 Å². The second kappa shape index (κ2) is 7.19. The third-order valence-electron chi connectivity index (χ3n) is 3.59. The number of nitrogens with one attached hydrogen (secondary N) is 1. The van der Waals surface area contributed by atoms with Gasteiger partial charge in [0.2, 0.25) is 11.9 Å². The first-order valence-electron chi connectivity index (χ1n) is 7.22. The van der Waals surface area contributed by atoms with Gasteiger partial charge in [0.1, 0.15) is 0 Å². The van der Waals surface area contributed by atoms with Gasteiger partial charge in [0.25, 0.3) is 0 Å². The van der Waals surface area contributed by atoms with Crippen LogP contribution < -0.4 is 10.2 Å². The molecule has 0 spiro atoms. The fourth-order valence-corrected chi connectivity index (χ4v) is 2.19. The van der Waals surface area contributed by atoms with Crippen LogP contribution >= 0.6 is 0 Å². The molecule has 20 heavy (non-hydrogen) atoms. The summed E-state index contributed by atoms with van der Waals surface area (Å²) in [7, 11) is 0. The third kappa shape index (κ3) is 4.16. The summed E-state index contributed by atoms with van der Waals surface area (Å²) in [5, 5.41) is 3.00. The van der Waals surface area contributed by atoms with Gasteiger partial charge in [-0.2, -0.15) is 0 Å². The minimum atomic E-state index is 0.115. The van der Waals surface area contributed by atoms with Crippen LogP contribution in [0.3, 0.4) is 0 Å². The number of carbonyl (C=O) groups excluding carboxylic acids is 1. The highest BCUT2D eigenvalue weighted by Crippen LogP contribution is 2.09. The molecule has 2 rings (SSSR count). The van der Waals surface area contributed by atoms with Gasteiger partial charge in [-0.1, -0.05) is 6.92 Å². The molecule has 0 unspecified atom stereocenters. The predicted molar refractivity (Wildman–Crippen MR) is 78.6 cm³/mol. The van der Waals surface area contributed by atoms with E-state index in [4.69, 9.17) is 0 Å². The lowest BCUT2D eigenvalue weighted by molar-refractivity contribution is -0.122. The van der Waals surface area contributed by atoms with Gasteiger partial charge in [0.05, 0.1) is 6.54 Å². The smallest absolute Gasteiger partial charge is 0.234 e. The number of hydrogen-bond acceptors (Lipinski definition) is 5. The van der Waals surface area contributed by atoms with E-state index in [1.54, 1.807) is 12.4 Å². The molecule has 1 aliphatic rings. The van der Waals surface area contributed by atoms with Gasteiger partial charge in [-0.25, -0.2) is 9.97 Å². The zero-order chi connectivity index (χ0) is 14.4. The molecule has 0 radical (unpaired) electrons. The average molecular weight is 277 g/mol. The molecule has 1 aromatic rings. The third-order valence-corrected chi connectivity index (χ3v) is 3.59. The quantitative estimate of drug-likeness (QED) is 0.850. The van der Waals surface area contributed by atoms with E-state index < -0.39 is 0 Å². The molecule has 0 saturated carbocycles. The van der Waals surface area contributed by atoms with Gasteiger partial charge in [0, 0.05) is 44.6 Å². The monoisotopic (exact) mass is 277 g/mol. The summed E-state index contributed by atoms with van der Waals surface area (Å²) in [5.74, 6) is 0.889. The highest BCUT2D eigenvalue weighted by Gasteiger charge is 2.20. The molecule has 0 aliphatic carbocycles. The molecule has 6 heteroatoms. The average Bonchev–Trinajstić information content (AvgIpc) is 2.48. The van der Waals surface area contributed by atoms with Crippen LogP contribution in [0.25, 0.3) is 0 Å². The van der Waals surface area contributed by atoms with Crippen molar-refractivity contribution in [3.05, 3.63) is 18.5 Å². The van der Waals surface area contributed by atoms with Crippen LogP contribution in [0.4, 0.5) is 5.95 Å². The summed E-state index contributed by atoms with van der Waals surface area (Å²) >= 11 is 0. The number of aromatic nitrogens is 2. The molecule has 1 atom stereocenters. The Balaban J connectivity index is 1.76. The lowest BCUT2D eigenvalue weighted by atomic mass is 10.2. The van der Waals surface area contributed by atoms with E-state index in [2.05, 4.69) is 32.0 Å². The molecule has 1 aliphatic heterocycles. The molecular weight excluding hydrogens is 254 g/mol. The number of rotatable bonds is 5. The van der Waals surface area contributed by atoms with E-state index >= 15 is 0 Å². The summed E-state index contributed by atoms with van der Waals surface area (Å²) in [6.07, 6.45) is 4.48. The minimum Gasteiger partial charge on any atom is -0.353 e. The SMILES string of the molecule is CC[C@H](C)NC(=O)CN1CCN(c2ncccn2)CC1. The Morgan fingerprint density at radius 1 is 1.30 bits per heavy atom. The van der Waals surface area contributed by atoms with Gasteiger partial charge in [-0.05, 0) is 19.4 Å². The molecule has 1 saturated heterocycles. The van der Waals surface area contributed by atoms with E-state index in [1.807, 2.05) is 13.0 Å². The molecule has 1 N–H and O–H groups in total. The van der Waals surface area contributed by atoms with Gasteiger partial charge in [-0.15, -0.1) is 0 Å². The zero-order valence-corrected chi connectivity index (χ0v) is 12.2. The Kier molecular flexibility index (Phi) is 5.29. The first-order chi connectivity index (χ1) is 9.69. The lowest BCUT2D eigenvalue weighted by Crippen LogP contribution is -2.50. The molecule has 1 fully saturated rings. The van der Waals surface area contributed by atoms with Crippen LogP contribution in [-0.2, 0) is 4.79 Å². The number of carbonyl (C=O) groups is 1. The van der Waals surface area contributed by atoms with E-state index in [-0.39, 0.29) is 11.9 Å². The highest BCUT2D eigenvalue weighted by atomic mass is 16.2. The van der Waals surface area contributed by atoms with Gasteiger partial charge in [0.15, 0.2) is 0 Å². The number of piperazine rings is 1. The van der Waals surface area contributed by atoms with E-state index in [1.165, 1.54) is 0 Å². The molecular formula is C14H23N5O. The zero-order valence-electron chi connectivity index (χ0n) is 12.2. The molecule has 6 nitrogen and oxygen atoms in total. The number of anilines is 1. The molecule has 110 valence electrons. The number of nitrogens with zero attached hydrogens (tertiary/aromatic N) is 4. The first kappa shape index (κ1) is 14.7. The Morgan fingerprint density at radius 3 is 2.55 bits per heavy atom. The molecule has 0 bridgehead atoms. The van der Waals surface area contributed by atoms with Gasteiger partial charge >= 0.3 is 0 Å². The van der Waals surface area contributed by atoms with Crippen molar-refractivity contribution in [3.63, 3.8) is 0 Å². The van der Waals surface area contributed by atoms with Crippen LogP contribution in [-0.4, -0.2) is 59.5 Å². The van der Waals surface area contributed by atoms with Gasteiger partial charge in [-0.3, -0.25) is 9.69 Å². The number of hydrogen-bond donors (Lipinski definition) is 1. The maximum Gasteiger partial charge on any atom is 0.234 e. The molecule has 1 aromatic heterocycles. The van der Waals surface area contributed by atoms with Crippen LogP contribution in [0.2, 0.25) is 0 Å². The van der Waals surface area contributed by atoms with Crippen LogP contribution in [0.15, 0.2) is 18.5 Å². The Labute approximate surface area is 120 Å². The van der Waals surface area contributed by atoms with E-state index in [0.29, 0.717) is 6.54 Å². The second-order valence-corrected chi connectivity index (χ2v) is 5.19. The van der Waals surface area contributed by atoms with Crippen molar-refractivity contribution < 1.29 is 4.79 Å². The molecule has 0 aromatic carbocycles. The Hall–Kier alpha value is -1.69. The first-order valence-corrected chi connectivity index (χ1v) is 7.22. The highest BCUT2D eigenvalue weighted by molar-refractivity contribution is 5.78. The van der Waals surface area contributed by atoms with Crippen molar-refractivity contribution in [2.24, 2.45) is 0 Å². The summed E-state index contributed by atoms with van der Waals surface area (Å²) in [6.45, 7) is 8.04. The Bertz CT molecular complexity index is 417. The summed E-state index contributed by atoms with van der Waals surface area (Å²) in [4.78, 5) is 24.7. The summed E-state index contributed by atoms with van der Waals surface area (Å²) in [6, 6.07) is 2.07. The second-order valence-electron chi connectivity index (χ2n) is 5.19. The number of amides is 1. The van der Waals surface area contributed by atoms with Gasteiger partial charge < -0.3 is 10.2 Å². The fraction of sp³-hybridized carbons (Fsp3) is 0.643. The molecule has 2 heterocycles. The topological polar surface area (TPSA) is 61.4 Å². The fourth-order valence-electron chi connectivity index (χ4n) is 2.19. The maximum absolute atomic E-state index is 11.8. The summed E-state index contributed by atoms with van der Waals surface area (Å²) < 4.78 is 0. The van der Waals surface area contributed by atoms with E-state index in [9.17, 15) is 4.79 Å². The van der Waals surface area contributed by atoms with Crippen molar-refractivity contribution in [2.45, 2.75) is 26.3 Å². The largest absolute Gasteiger partial charge is 0.353 e. The van der Waals surface area contributed by atoms with E-state index in [0.717, 1.165) is 38.5 Å². The standard InChI is InChI=1S/C14H23N5O/c1-3-12(2)17-13(20)11-18-7-9-19(10-8-18)14-15-5-4-6-16-14/h4-6,12H,3,7-11H2,1-2H3,(H,17,20)/t12-/m0/s1. The minimum absolute atomic E-state index is 0.115. The van der Waals surface area contributed by atoms with Crippen molar-refractivity contribution in [1.29, 1.82) is 0 Å². The van der Waals surface area contributed by atoms with Crippen molar-refractivity contribution in [2.75, 3.05) is 37.6 Å². The van der Waals surface area contributed by atoms with Crippen LogP contribution in [0, 0.1) is 0 Å². The molecule has 1 amide bonds. The lowest BCUT2D eigenvalue weighted by Gasteiger charge is -2.34. The van der Waals surface area contributed by atoms with Crippen LogP contribution in [0.5, 0.6) is 0 Å². The summed E-state index contributed by atoms with van der Waals surface area (Å²) in [5.41, 5.74) is 0. The normalized spacial score (nSPS) is 17.8. The predicted octanol–water partition coefficient (Wildman–Crippen LogP) is 0.513. The van der Waals surface area contributed by atoms with Crippen LogP contribution in [0.1, 0.15) is 20.3 Å².